The largest absolute Gasteiger partial charge is 0.271 e. The summed E-state index contributed by atoms with van der Waals surface area (Å²) in [5, 5.41) is 10.2. The SMILES string of the molecule is C=C/C(C)=C(\C=C)[N+](=O)[O-]. The Labute approximate surface area is 59.5 Å². The molecule has 0 rings (SSSR count). The Hall–Kier alpha value is -1.38. The van der Waals surface area contributed by atoms with Gasteiger partial charge in [-0.2, -0.15) is 0 Å². The minimum Gasteiger partial charge on any atom is -0.258 e. The van der Waals surface area contributed by atoms with E-state index in [0.717, 1.165) is 0 Å². The molecule has 0 aliphatic carbocycles. The summed E-state index contributed by atoms with van der Waals surface area (Å²) in [5.74, 6) is 0. The first-order chi connectivity index (χ1) is 4.63. The minimum absolute atomic E-state index is 0.00926. The van der Waals surface area contributed by atoms with E-state index < -0.39 is 4.92 Å². The van der Waals surface area contributed by atoms with Crippen molar-refractivity contribution in [1.82, 2.24) is 0 Å². The van der Waals surface area contributed by atoms with E-state index in [1.165, 1.54) is 12.2 Å². The fourth-order valence-corrected chi connectivity index (χ4v) is 0.484. The zero-order valence-electron chi connectivity index (χ0n) is 5.83. The molecule has 0 aromatic heterocycles. The lowest BCUT2D eigenvalue weighted by molar-refractivity contribution is -0.419. The monoisotopic (exact) mass is 139 g/mol. The van der Waals surface area contributed by atoms with Crippen molar-refractivity contribution in [2.75, 3.05) is 0 Å². The van der Waals surface area contributed by atoms with Crippen LogP contribution in [0.3, 0.4) is 0 Å². The predicted octanol–water partition coefficient (Wildman–Crippen LogP) is 1.91. The van der Waals surface area contributed by atoms with Gasteiger partial charge in [-0.1, -0.05) is 19.2 Å². The topological polar surface area (TPSA) is 43.1 Å². The van der Waals surface area contributed by atoms with Gasteiger partial charge in [-0.15, -0.1) is 0 Å². The van der Waals surface area contributed by atoms with E-state index in [-0.39, 0.29) is 5.70 Å². The highest BCUT2D eigenvalue weighted by atomic mass is 16.6. The fraction of sp³-hybridized carbons (Fsp3) is 0.143. The Kier molecular flexibility index (Phi) is 3.11. The standard InChI is InChI=1S/C7H9NO2/c1-4-6(3)7(5-2)8(9)10/h4-5H,1-2H2,3H3/b7-6+. The van der Waals surface area contributed by atoms with Gasteiger partial charge >= 0.3 is 0 Å². The lowest BCUT2D eigenvalue weighted by Gasteiger charge is -1.91. The summed E-state index contributed by atoms with van der Waals surface area (Å²) in [6.07, 6.45) is 2.64. The maximum atomic E-state index is 10.2. The van der Waals surface area contributed by atoms with E-state index in [1.807, 2.05) is 0 Å². The smallest absolute Gasteiger partial charge is 0.258 e. The van der Waals surface area contributed by atoms with Gasteiger partial charge in [-0.25, -0.2) is 0 Å². The molecule has 3 heteroatoms. The number of nitro groups is 1. The minimum atomic E-state index is -0.482. The molecule has 0 atom stereocenters. The molecule has 0 unspecified atom stereocenters. The highest BCUT2D eigenvalue weighted by Crippen LogP contribution is 2.05. The Morgan fingerprint density at radius 2 is 2.00 bits per heavy atom. The quantitative estimate of drug-likeness (QED) is 0.340. The van der Waals surface area contributed by atoms with Gasteiger partial charge in [0.1, 0.15) is 0 Å². The first kappa shape index (κ1) is 8.62. The fourth-order valence-electron chi connectivity index (χ4n) is 0.484. The van der Waals surface area contributed by atoms with Gasteiger partial charge in [0.05, 0.1) is 4.92 Å². The highest BCUT2D eigenvalue weighted by molar-refractivity contribution is 5.23. The molecule has 0 saturated heterocycles. The molecule has 0 fully saturated rings. The van der Waals surface area contributed by atoms with Gasteiger partial charge in [-0.05, 0) is 6.92 Å². The van der Waals surface area contributed by atoms with Crippen LogP contribution in [0, 0.1) is 10.1 Å². The molecule has 10 heavy (non-hydrogen) atoms. The van der Waals surface area contributed by atoms with Crippen molar-refractivity contribution in [2.45, 2.75) is 6.92 Å². The van der Waals surface area contributed by atoms with Gasteiger partial charge in [0.2, 0.25) is 0 Å². The summed E-state index contributed by atoms with van der Waals surface area (Å²) in [5.41, 5.74) is 0.537. The van der Waals surface area contributed by atoms with E-state index in [0.29, 0.717) is 5.57 Å². The van der Waals surface area contributed by atoms with Gasteiger partial charge in [0.25, 0.3) is 5.70 Å². The Morgan fingerprint density at radius 1 is 1.50 bits per heavy atom. The van der Waals surface area contributed by atoms with E-state index in [9.17, 15) is 10.1 Å². The average molecular weight is 139 g/mol. The van der Waals surface area contributed by atoms with Crippen LogP contribution in [-0.4, -0.2) is 4.92 Å². The Bertz CT molecular complexity index is 204. The molecule has 0 aromatic carbocycles. The van der Waals surface area contributed by atoms with Gasteiger partial charge in [0.15, 0.2) is 0 Å². The van der Waals surface area contributed by atoms with Crippen molar-refractivity contribution in [3.63, 3.8) is 0 Å². The third-order valence-corrected chi connectivity index (χ3v) is 1.10. The predicted molar refractivity (Wildman–Crippen MR) is 40.1 cm³/mol. The van der Waals surface area contributed by atoms with E-state index in [4.69, 9.17) is 0 Å². The maximum absolute atomic E-state index is 10.2. The summed E-state index contributed by atoms with van der Waals surface area (Å²) in [7, 11) is 0. The van der Waals surface area contributed by atoms with Crippen molar-refractivity contribution in [3.05, 3.63) is 46.7 Å². The Morgan fingerprint density at radius 3 is 2.10 bits per heavy atom. The summed E-state index contributed by atoms with van der Waals surface area (Å²) >= 11 is 0. The molecule has 0 radical (unpaired) electrons. The summed E-state index contributed by atoms with van der Waals surface area (Å²) in [4.78, 5) is 9.68. The maximum Gasteiger partial charge on any atom is 0.271 e. The molecule has 3 nitrogen and oxygen atoms in total. The third-order valence-electron chi connectivity index (χ3n) is 1.10. The molecule has 0 aromatic rings. The van der Waals surface area contributed by atoms with Crippen molar-refractivity contribution in [1.29, 1.82) is 0 Å². The van der Waals surface area contributed by atoms with Crippen LogP contribution in [0.1, 0.15) is 6.92 Å². The van der Waals surface area contributed by atoms with Crippen molar-refractivity contribution in [2.24, 2.45) is 0 Å². The number of nitrogens with zero attached hydrogens (tertiary/aromatic N) is 1. The van der Waals surface area contributed by atoms with Crippen molar-refractivity contribution < 1.29 is 4.92 Å². The van der Waals surface area contributed by atoms with E-state index in [2.05, 4.69) is 13.2 Å². The molecule has 0 spiro atoms. The normalized spacial score (nSPS) is 11.7. The zero-order chi connectivity index (χ0) is 8.15. The second kappa shape index (κ2) is 3.61. The van der Waals surface area contributed by atoms with Crippen LogP contribution >= 0.6 is 0 Å². The van der Waals surface area contributed by atoms with E-state index in [1.54, 1.807) is 6.92 Å². The number of allylic oxidation sites excluding steroid dienone is 3. The first-order valence-corrected chi connectivity index (χ1v) is 2.73. The first-order valence-electron chi connectivity index (χ1n) is 2.73. The molecule has 0 saturated carbocycles. The molecular weight excluding hydrogens is 130 g/mol. The number of rotatable bonds is 3. The van der Waals surface area contributed by atoms with Crippen LogP contribution < -0.4 is 0 Å². The van der Waals surface area contributed by atoms with Crippen LogP contribution in [0.5, 0.6) is 0 Å². The molecule has 0 bridgehead atoms. The number of hydrogen-bond donors (Lipinski definition) is 0. The van der Waals surface area contributed by atoms with Gasteiger partial charge in [0, 0.05) is 11.6 Å². The average Bonchev–Trinajstić information content (AvgIpc) is 1.88. The second-order valence-corrected chi connectivity index (χ2v) is 1.73. The molecule has 0 amide bonds. The van der Waals surface area contributed by atoms with E-state index >= 15 is 0 Å². The molecular formula is C7H9NO2. The summed E-state index contributed by atoms with van der Waals surface area (Å²) in [6, 6.07) is 0. The van der Waals surface area contributed by atoms with Crippen LogP contribution in [0.25, 0.3) is 0 Å². The molecule has 54 valence electrons. The molecule has 0 aliphatic rings. The van der Waals surface area contributed by atoms with Crippen LogP contribution in [-0.2, 0) is 0 Å². The molecule has 0 N–H and O–H groups in total. The molecule has 0 heterocycles. The summed E-state index contributed by atoms with van der Waals surface area (Å²) in [6.45, 7) is 8.32. The Balaban J connectivity index is 4.79. The van der Waals surface area contributed by atoms with Crippen molar-refractivity contribution in [3.8, 4) is 0 Å². The summed E-state index contributed by atoms with van der Waals surface area (Å²) < 4.78 is 0. The second-order valence-electron chi connectivity index (χ2n) is 1.73. The lowest BCUT2D eigenvalue weighted by Crippen LogP contribution is -1.96. The van der Waals surface area contributed by atoms with Crippen LogP contribution in [0.2, 0.25) is 0 Å². The van der Waals surface area contributed by atoms with Crippen molar-refractivity contribution >= 4 is 0 Å². The third kappa shape index (κ3) is 1.85. The highest BCUT2D eigenvalue weighted by Gasteiger charge is 2.06. The van der Waals surface area contributed by atoms with Crippen LogP contribution in [0.15, 0.2) is 36.6 Å². The van der Waals surface area contributed by atoms with Crippen LogP contribution in [0.4, 0.5) is 0 Å². The lowest BCUT2D eigenvalue weighted by atomic mass is 10.2. The van der Waals surface area contributed by atoms with Gasteiger partial charge in [-0.3, -0.25) is 10.1 Å². The zero-order valence-corrected chi connectivity index (χ0v) is 5.83. The van der Waals surface area contributed by atoms with Gasteiger partial charge < -0.3 is 0 Å². The number of hydrogen-bond acceptors (Lipinski definition) is 2. The molecule has 0 aliphatic heterocycles.